The van der Waals surface area contributed by atoms with Crippen LogP contribution in [0.25, 0.3) is 10.9 Å². The van der Waals surface area contributed by atoms with Gasteiger partial charge < -0.3 is 10.3 Å². The summed E-state index contributed by atoms with van der Waals surface area (Å²) in [6.07, 6.45) is 1.69. The van der Waals surface area contributed by atoms with Gasteiger partial charge in [-0.1, -0.05) is 0 Å². The molecule has 0 spiro atoms. The number of aryl methyl sites for hydroxylation is 1. The van der Waals surface area contributed by atoms with E-state index < -0.39 is 0 Å². The molecule has 0 aliphatic carbocycles. The van der Waals surface area contributed by atoms with Gasteiger partial charge in [0, 0.05) is 25.0 Å². The number of hydrogen-bond donors (Lipinski definition) is 1. The molecule has 0 unspecified atom stereocenters. The SMILES string of the molecule is Cc1cc2ncccc2c(=O)n1CCN. The van der Waals surface area contributed by atoms with E-state index in [1.165, 1.54) is 0 Å². The van der Waals surface area contributed by atoms with E-state index in [0.717, 1.165) is 11.2 Å². The molecule has 15 heavy (non-hydrogen) atoms. The van der Waals surface area contributed by atoms with Crippen molar-refractivity contribution in [1.82, 2.24) is 9.55 Å². The molecule has 4 nitrogen and oxygen atoms in total. The highest BCUT2D eigenvalue weighted by Crippen LogP contribution is 2.07. The predicted molar refractivity (Wildman–Crippen MR) is 59.8 cm³/mol. The lowest BCUT2D eigenvalue weighted by molar-refractivity contribution is 0.665. The molecular weight excluding hydrogens is 190 g/mol. The second-order valence-corrected chi connectivity index (χ2v) is 3.47. The average Bonchev–Trinajstić information content (AvgIpc) is 2.24. The van der Waals surface area contributed by atoms with Crippen LogP contribution in [0.4, 0.5) is 0 Å². The largest absolute Gasteiger partial charge is 0.329 e. The van der Waals surface area contributed by atoms with Crippen molar-refractivity contribution in [3.05, 3.63) is 40.4 Å². The van der Waals surface area contributed by atoms with Crippen LogP contribution in [0, 0.1) is 6.92 Å². The van der Waals surface area contributed by atoms with Crippen molar-refractivity contribution in [1.29, 1.82) is 0 Å². The minimum atomic E-state index is -0.0106. The summed E-state index contributed by atoms with van der Waals surface area (Å²) < 4.78 is 1.68. The fourth-order valence-corrected chi connectivity index (χ4v) is 1.70. The first-order chi connectivity index (χ1) is 7.24. The van der Waals surface area contributed by atoms with Gasteiger partial charge in [-0.3, -0.25) is 9.78 Å². The summed E-state index contributed by atoms with van der Waals surface area (Å²) in [6.45, 7) is 2.91. The molecule has 0 aliphatic heterocycles. The molecule has 4 heteroatoms. The van der Waals surface area contributed by atoms with E-state index in [0.29, 0.717) is 18.5 Å². The van der Waals surface area contributed by atoms with E-state index in [1.807, 2.05) is 13.0 Å². The van der Waals surface area contributed by atoms with Gasteiger partial charge in [0.25, 0.3) is 5.56 Å². The highest BCUT2D eigenvalue weighted by Gasteiger charge is 2.05. The number of pyridine rings is 2. The van der Waals surface area contributed by atoms with Crippen LogP contribution < -0.4 is 11.3 Å². The molecule has 2 N–H and O–H groups in total. The van der Waals surface area contributed by atoms with Crippen molar-refractivity contribution >= 4 is 10.9 Å². The molecule has 2 aromatic heterocycles. The minimum absolute atomic E-state index is 0.0106. The summed E-state index contributed by atoms with van der Waals surface area (Å²) in [6, 6.07) is 5.47. The Kier molecular flexibility index (Phi) is 2.51. The average molecular weight is 203 g/mol. The number of rotatable bonds is 2. The van der Waals surface area contributed by atoms with Gasteiger partial charge in [-0.05, 0) is 25.1 Å². The van der Waals surface area contributed by atoms with Crippen molar-refractivity contribution in [2.75, 3.05) is 6.54 Å². The first-order valence-corrected chi connectivity index (χ1v) is 4.89. The van der Waals surface area contributed by atoms with Gasteiger partial charge in [0.05, 0.1) is 10.9 Å². The smallest absolute Gasteiger partial charge is 0.260 e. The number of nitrogens with zero attached hydrogens (tertiary/aromatic N) is 2. The van der Waals surface area contributed by atoms with Crippen molar-refractivity contribution in [2.45, 2.75) is 13.5 Å². The Morgan fingerprint density at radius 2 is 2.33 bits per heavy atom. The van der Waals surface area contributed by atoms with Crippen LogP contribution in [-0.4, -0.2) is 16.1 Å². The van der Waals surface area contributed by atoms with Gasteiger partial charge in [-0.15, -0.1) is 0 Å². The summed E-state index contributed by atoms with van der Waals surface area (Å²) in [5.41, 5.74) is 7.10. The Labute approximate surface area is 87.4 Å². The minimum Gasteiger partial charge on any atom is -0.329 e. The van der Waals surface area contributed by atoms with E-state index in [2.05, 4.69) is 4.98 Å². The second kappa shape index (κ2) is 3.82. The second-order valence-electron chi connectivity index (χ2n) is 3.47. The molecule has 2 heterocycles. The number of aromatic nitrogens is 2. The zero-order valence-corrected chi connectivity index (χ0v) is 8.60. The third-order valence-electron chi connectivity index (χ3n) is 2.44. The molecule has 2 rings (SSSR count). The van der Waals surface area contributed by atoms with Gasteiger partial charge in [0.1, 0.15) is 0 Å². The van der Waals surface area contributed by atoms with E-state index in [4.69, 9.17) is 5.73 Å². The number of nitrogens with two attached hydrogens (primary N) is 1. The monoisotopic (exact) mass is 203 g/mol. The molecule has 2 aromatic rings. The molecule has 0 saturated carbocycles. The zero-order chi connectivity index (χ0) is 10.8. The molecule has 0 radical (unpaired) electrons. The van der Waals surface area contributed by atoms with Gasteiger partial charge in [0.15, 0.2) is 0 Å². The third-order valence-corrected chi connectivity index (χ3v) is 2.44. The molecule has 0 fully saturated rings. The quantitative estimate of drug-likeness (QED) is 0.780. The van der Waals surface area contributed by atoms with Crippen LogP contribution in [-0.2, 0) is 6.54 Å². The maximum atomic E-state index is 12.0. The Morgan fingerprint density at radius 1 is 1.53 bits per heavy atom. The van der Waals surface area contributed by atoms with Crippen LogP contribution in [0.5, 0.6) is 0 Å². The van der Waals surface area contributed by atoms with Crippen LogP contribution >= 0.6 is 0 Å². The Hall–Kier alpha value is -1.68. The summed E-state index contributed by atoms with van der Waals surface area (Å²) in [4.78, 5) is 16.2. The van der Waals surface area contributed by atoms with E-state index in [-0.39, 0.29) is 5.56 Å². The maximum absolute atomic E-state index is 12.0. The first-order valence-electron chi connectivity index (χ1n) is 4.89. The van der Waals surface area contributed by atoms with Crippen LogP contribution in [0.15, 0.2) is 29.2 Å². The molecular formula is C11H13N3O. The first kappa shape index (κ1) is 9.86. The third kappa shape index (κ3) is 1.64. The molecule has 78 valence electrons. The van der Waals surface area contributed by atoms with Gasteiger partial charge >= 0.3 is 0 Å². The predicted octanol–water partition coefficient (Wildman–Crippen LogP) is 0.664. The fourth-order valence-electron chi connectivity index (χ4n) is 1.70. The lowest BCUT2D eigenvalue weighted by atomic mass is 10.2. The highest BCUT2D eigenvalue weighted by molar-refractivity contribution is 5.77. The number of fused-ring (bicyclic) bond motifs is 1. The lowest BCUT2D eigenvalue weighted by Gasteiger charge is -2.09. The van der Waals surface area contributed by atoms with Crippen LogP contribution in [0.2, 0.25) is 0 Å². The standard InChI is InChI=1S/C11H13N3O/c1-8-7-10-9(3-2-5-13-10)11(15)14(8)6-4-12/h2-3,5,7H,4,6,12H2,1H3. The topological polar surface area (TPSA) is 60.9 Å². The van der Waals surface area contributed by atoms with E-state index >= 15 is 0 Å². The molecule has 0 saturated heterocycles. The summed E-state index contributed by atoms with van der Waals surface area (Å²) >= 11 is 0. The molecule has 0 bridgehead atoms. The van der Waals surface area contributed by atoms with Crippen LogP contribution in [0.1, 0.15) is 5.69 Å². The zero-order valence-electron chi connectivity index (χ0n) is 8.60. The normalized spacial score (nSPS) is 10.8. The molecule has 0 aliphatic rings. The summed E-state index contributed by atoms with van der Waals surface area (Å²) in [5, 5.41) is 0.650. The molecule has 0 atom stereocenters. The van der Waals surface area contributed by atoms with Crippen molar-refractivity contribution in [2.24, 2.45) is 5.73 Å². The fraction of sp³-hybridized carbons (Fsp3) is 0.273. The van der Waals surface area contributed by atoms with Gasteiger partial charge in [-0.25, -0.2) is 0 Å². The molecule has 0 aromatic carbocycles. The van der Waals surface area contributed by atoms with E-state index in [1.54, 1.807) is 22.9 Å². The van der Waals surface area contributed by atoms with Gasteiger partial charge in [0.2, 0.25) is 0 Å². The van der Waals surface area contributed by atoms with Gasteiger partial charge in [-0.2, -0.15) is 0 Å². The van der Waals surface area contributed by atoms with Crippen molar-refractivity contribution in [3.63, 3.8) is 0 Å². The summed E-state index contributed by atoms with van der Waals surface area (Å²) in [7, 11) is 0. The lowest BCUT2D eigenvalue weighted by Crippen LogP contribution is -2.26. The Bertz CT molecular complexity index is 545. The van der Waals surface area contributed by atoms with E-state index in [9.17, 15) is 4.79 Å². The highest BCUT2D eigenvalue weighted by atomic mass is 16.1. The van der Waals surface area contributed by atoms with Crippen LogP contribution in [0.3, 0.4) is 0 Å². The van der Waals surface area contributed by atoms with Crippen molar-refractivity contribution < 1.29 is 0 Å². The molecule has 0 amide bonds. The van der Waals surface area contributed by atoms with Crippen molar-refractivity contribution in [3.8, 4) is 0 Å². The maximum Gasteiger partial charge on any atom is 0.260 e. The summed E-state index contributed by atoms with van der Waals surface area (Å²) in [5.74, 6) is 0. The number of hydrogen-bond acceptors (Lipinski definition) is 3. The Morgan fingerprint density at radius 3 is 3.07 bits per heavy atom. The Balaban J connectivity index is 2.78.